The van der Waals surface area contributed by atoms with Crippen LogP contribution in [0.5, 0.6) is 0 Å². The van der Waals surface area contributed by atoms with Crippen LogP contribution in [0.2, 0.25) is 25.1 Å². The molecule has 2 rings (SSSR count). The van der Waals surface area contributed by atoms with E-state index < -0.39 is 0 Å². The fraction of sp³-hybridized carbons (Fsp3) is 0.0769. The second-order valence-electron chi connectivity index (χ2n) is 3.90. The van der Waals surface area contributed by atoms with Gasteiger partial charge in [0.25, 0.3) is 0 Å². The molecule has 0 saturated carbocycles. The van der Waals surface area contributed by atoms with Crippen molar-refractivity contribution >= 4 is 80.6 Å². The highest BCUT2D eigenvalue weighted by Gasteiger charge is 2.21. The van der Waals surface area contributed by atoms with Gasteiger partial charge in [-0.2, -0.15) is 0 Å². The Morgan fingerprint density at radius 1 is 0.789 bits per heavy atom. The van der Waals surface area contributed by atoms with Gasteiger partial charge in [0.15, 0.2) is 0 Å². The largest absolute Gasteiger partial charge is 0.0819 e. The third-order valence-corrected chi connectivity index (χ3v) is 5.63. The number of hydrogen-bond donors (Lipinski definition) is 0. The lowest BCUT2D eigenvalue weighted by Gasteiger charge is -2.14. The summed E-state index contributed by atoms with van der Waals surface area (Å²) in [5.74, 6) is 0. The Bertz CT molecular complexity index is 638. The summed E-state index contributed by atoms with van der Waals surface area (Å²) in [4.78, 5) is 0. The summed E-state index contributed by atoms with van der Waals surface area (Å²) in [6, 6.07) is 5.96. The molecule has 2 aromatic rings. The highest BCUT2D eigenvalue weighted by atomic mass is 127. The number of aryl methyl sites for hydroxylation is 1. The summed E-state index contributed by atoms with van der Waals surface area (Å²) in [7, 11) is 0. The van der Waals surface area contributed by atoms with Gasteiger partial charge in [0.05, 0.1) is 25.1 Å². The molecule has 19 heavy (non-hydrogen) atoms. The van der Waals surface area contributed by atoms with Crippen molar-refractivity contribution < 1.29 is 0 Å². The third-order valence-electron chi connectivity index (χ3n) is 2.68. The highest BCUT2D eigenvalue weighted by Crippen LogP contribution is 2.48. The Labute approximate surface area is 150 Å². The van der Waals surface area contributed by atoms with Gasteiger partial charge >= 0.3 is 0 Å². The molecule has 0 aromatic heterocycles. The van der Waals surface area contributed by atoms with Crippen LogP contribution in [-0.2, 0) is 0 Å². The number of rotatable bonds is 1. The van der Waals surface area contributed by atoms with Crippen LogP contribution in [-0.4, -0.2) is 0 Å². The van der Waals surface area contributed by atoms with E-state index in [1.165, 1.54) is 0 Å². The Balaban J connectivity index is 2.87. The molecule has 0 bridgehead atoms. The van der Waals surface area contributed by atoms with Gasteiger partial charge < -0.3 is 0 Å². The fourth-order valence-corrected chi connectivity index (χ4v) is 3.54. The minimum Gasteiger partial charge on any atom is -0.0819 e. The Kier molecular flexibility index (Phi) is 5.19. The summed E-state index contributed by atoms with van der Waals surface area (Å²) in [6.45, 7) is 1.97. The maximum absolute atomic E-state index is 6.27. The fourth-order valence-electron chi connectivity index (χ4n) is 1.70. The molecule has 0 radical (unpaired) electrons. The molecule has 0 aliphatic rings. The van der Waals surface area contributed by atoms with Crippen molar-refractivity contribution in [3.05, 3.63) is 52.4 Å². The predicted octanol–water partition coefficient (Wildman–Crippen LogP) is 7.53. The zero-order chi connectivity index (χ0) is 14.3. The molecule has 0 aliphatic heterocycles. The zero-order valence-electron chi connectivity index (χ0n) is 9.50. The highest BCUT2D eigenvalue weighted by molar-refractivity contribution is 14.1. The van der Waals surface area contributed by atoms with Crippen molar-refractivity contribution in [2.45, 2.75) is 6.92 Å². The Hall–Kier alpha value is 0.620. The molecule has 0 nitrogen and oxygen atoms in total. The minimum absolute atomic E-state index is 0.172. The van der Waals surface area contributed by atoms with E-state index in [1.807, 2.05) is 25.1 Å². The molecule has 100 valence electrons. The van der Waals surface area contributed by atoms with Crippen LogP contribution in [0.15, 0.2) is 18.2 Å². The van der Waals surface area contributed by atoms with Gasteiger partial charge in [-0.1, -0.05) is 64.1 Å². The Morgan fingerprint density at radius 3 is 1.79 bits per heavy atom. The number of hydrogen-bond acceptors (Lipinski definition) is 0. The first-order chi connectivity index (χ1) is 8.84. The van der Waals surface area contributed by atoms with Gasteiger partial charge in [0.1, 0.15) is 0 Å². The van der Waals surface area contributed by atoms with Crippen molar-refractivity contribution in [1.29, 1.82) is 0 Å². The maximum Gasteiger partial charge on any atom is 0.0809 e. The molecular formula is C13H6Cl5I. The van der Waals surface area contributed by atoms with E-state index in [1.54, 1.807) is 0 Å². The Morgan fingerprint density at radius 2 is 1.26 bits per heavy atom. The van der Waals surface area contributed by atoms with E-state index >= 15 is 0 Å². The first-order valence-electron chi connectivity index (χ1n) is 5.12. The average molecular weight is 466 g/mol. The SMILES string of the molecule is Cc1ccc(I)cc1-c1c(Cl)c(Cl)c(Cl)c(Cl)c1Cl. The zero-order valence-corrected chi connectivity index (χ0v) is 15.4. The van der Waals surface area contributed by atoms with E-state index in [4.69, 9.17) is 58.0 Å². The molecule has 0 heterocycles. The first kappa shape index (κ1) is 16.0. The van der Waals surface area contributed by atoms with Crippen molar-refractivity contribution in [3.8, 4) is 11.1 Å². The van der Waals surface area contributed by atoms with Crippen LogP contribution in [0.3, 0.4) is 0 Å². The van der Waals surface area contributed by atoms with Gasteiger partial charge in [-0.15, -0.1) is 0 Å². The van der Waals surface area contributed by atoms with Crippen LogP contribution in [0, 0.1) is 10.5 Å². The summed E-state index contributed by atoms with van der Waals surface area (Å²) >= 11 is 32.9. The summed E-state index contributed by atoms with van der Waals surface area (Å²) in [6.07, 6.45) is 0. The van der Waals surface area contributed by atoms with Gasteiger partial charge in [0, 0.05) is 9.13 Å². The smallest absolute Gasteiger partial charge is 0.0809 e. The number of halogens is 6. The van der Waals surface area contributed by atoms with Crippen LogP contribution in [0.25, 0.3) is 11.1 Å². The summed E-state index contributed by atoms with van der Waals surface area (Å²) in [5.41, 5.74) is 2.53. The maximum atomic E-state index is 6.27. The van der Waals surface area contributed by atoms with Crippen molar-refractivity contribution in [1.82, 2.24) is 0 Å². The molecule has 0 atom stereocenters. The third kappa shape index (κ3) is 2.97. The van der Waals surface area contributed by atoms with E-state index in [0.717, 1.165) is 14.7 Å². The van der Waals surface area contributed by atoms with Crippen LogP contribution in [0.1, 0.15) is 5.56 Å². The summed E-state index contributed by atoms with van der Waals surface area (Å²) < 4.78 is 1.06. The van der Waals surface area contributed by atoms with E-state index in [2.05, 4.69) is 22.6 Å². The lowest BCUT2D eigenvalue weighted by Crippen LogP contribution is -1.90. The normalized spacial score (nSPS) is 10.9. The molecule has 0 fully saturated rings. The van der Waals surface area contributed by atoms with E-state index in [-0.39, 0.29) is 15.1 Å². The molecule has 0 spiro atoms. The summed E-state index contributed by atoms with van der Waals surface area (Å²) in [5, 5.41) is 1.22. The second-order valence-corrected chi connectivity index (χ2v) is 7.04. The standard InChI is InChI=1S/C13H6Cl5I/c1-5-2-3-6(19)4-7(5)8-9(14)11(16)13(18)12(17)10(8)15/h2-4H,1H3. The topological polar surface area (TPSA) is 0 Å². The molecule has 0 amide bonds. The van der Waals surface area contributed by atoms with Crippen LogP contribution < -0.4 is 0 Å². The molecule has 0 saturated heterocycles. The quantitative estimate of drug-likeness (QED) is 0.232. The van der Waals surface area contributed by atoms with Crippen molar-refractivity contribution in [3.63, 3.8) is 0 Å². The van der Waals surface area contributed by atoms with E-state index in [0.29, 0.717) is 15.6 Å². The monoisotopic (exact) mass is 464 g/mol. The lowest BCUT2D eigenvalue weighted by molar-refractivity contribution is 1.44. The molecule has 0 aliphatic carbocycles. The molecule has 2 aromatic carbocycles. The van der Waals surface area contributed by atoms with Gasteiger partial charge in [-0.05, 0) is 52.8 Å². The van der Waals surface area contributed by atoms with Crippen LogP contribution in [0.4, 0.5) is 0 Å². The van der Waals surface area contributed by atoms with Crippen LogP contribution >= 0.6 is 80.6 Å². The molecule has 6 heteroatoms. The number of benzene rings is 2. The van der Waals surface area contributed by atoms with E-state index in [9.17, 15) is 0 Å². The van der Waals surface area contributed by atoms with Gasteiger partial charge in [0.2, 0.25) is 0 Å². The first-order valence-corrected chi connectivity index (χ1v) is 8.09. The van der Waals surface area contributed by atoms with Crippen molar-refractivity contribution in [2.75, 3.05) is 0 Å². The molecule has 0 unspecified atom stereocenters. The molecule has 0 N–H and O–H groups in total. The molecular weight excluding hydrogens is 460 g/mol. The second kappa shape index (κ2) is 6.17. The lowest BCUT2D eigenvalue weighted by atomic mass is 10.0. The van der Waals surface area contributed by atoms with Gasteiger partial charge in [-0.3, -0.25) is 0 Å². The van der Waals surface area contributed by atoms with Crippen molar-refractivity contribution in [2.24, 2.45) is 0 Å². The predicted molar refractivity (Wildman–Crippen MR) is 94.4 cm³/mol. The van der Waals surface area contributed by atoms with Gasteiger partial charge in [-0.25, -0.2) is 0 Å². The minimum atomic E-state index is 0.172. The average Bonchev–Trinajstić information content (AvgIpc) is 2.38.